The fourth-order valence-corrected chi connectivity index (χ4v) is 3.00. The summed E-state index contributed by atoms with van der Waals surface area (Å²) in [6, 6.07) is 10.6. The zero-order valence-corrected chi connectivity index (χ0v) is 13.7. The van der Waals surface area contributed by atoms with Crippen molar-refractivity contribution in [1.82, 2.24) is 10.2 Å². The molecule has 0 radical (unpaired) electrons. The van der Waals surface area contributed by atoms with Gasteiger partial charge < -0.3 is 10.2 Å². The molecule has 1 unspecified atom stereocenters. The first-order valence-corrected chi connectivity index (χ1v) is 7.97. The average molecular weight is 288 g/mol. The van der Waals surface area contributed by atoms with Crippen LogP contribution in [0.4, 0.5) is 0 Å². The van der Waals surface area contributed by atoms with Crippen LogP contribution in [-0.2, 0) is 11.2 Å². The third kappa shape index (κ3) is 4.31. The minimum absolute atomic E-state index is 0.00774. The highest BCUT2D eigenvalue weighted by atomic mass is 16.2. The lowest BCUT2D eigenvalue weighted by molar-refractivity contribution is -0.137. The number of hydrogen-bond acceptors (Lipinski definition) is 2. The van der Waals surface area contributed by atoms with E-state index >= 15 is 0 Å². The van der Waals surface area contributed by atoms with Crippen LogP contribution in [0.15, 0.2) is 30.3 Å². The molecule has 0 spiro atoms. The Balaban J connectivity index is 2.00. The van der Waals surface area contributed by atoms with E-state index in [9.17, 15) is 4.79 Å². The quantitative estimate of drug-likeness (QED) is 0.924. The number of aryl methyl sites for hydroxylation is 1. The second-order valence-electron chi connectivity index (χ2n) is 7.08. The molecule has 1 saturated heterocycles. The van der Waals surface area contributed by atoms with Gasteiger partial charge in [-0.05, 0) is 31.7 Å². The maximum absolute atomic E-state index is 12.7. The summed E-state index contributed by atoms with van der Waals surface area (Å²) in [6.45, 7) is 10.4. The van der Waals surface area contributed by atoms with Crippen LogP contribution in [0.2, 0.25) is 0 Å². The molecule has 3 heteroatoms. The van der Waals surface area contributed by atoms with Gasteiger partial charge in [0.25, 0.3) is 0 Å². The van der Waals surface area contributed by atoms with Crippen LogP contribution in [-0.4, -0.2) is 35.5 Å². The largest absolute Gasteiger partial charge is 0.336 e. The van der Waals surface area contributed by atoms with E-state index in [2.05, 4.69) is 50.0 Å². The normalized spacial score (nSPS) is 21.6. The molecule has 1 aliphatic rings. The van der Waals surface area contributed by atoms with E-state index in [1.165, 1.54) is 5.56 Å². The zero-order valence-electron chi connectivity index (χ0n) is 13.7. The lowest BCUT2D eigenvalue weighted by Crippen LogP contribution is -2.64. The number of rotatable bonds is 4. The maximum Gasteiger partial charge on any atom is 0.223 e. The Hall–Kier alpha value is -1.35. The van der Waals surface area contributed by atoms with Crippen molar-refractivity contribution >= 4 is 5.91 Å². The number of piperazine rings is 1. The van der Waals surface area contributed by atoms with Gasteiger partial charge in [0.15, 0.2) is 0 Å². The van der Waals surface area contributed by atoms with Crippen molar-refractivity contribution in [2.45, 2.75) is 52.1 Å². The minimum atomic E-state index is 0.00774. The van der Waals surface area contributed by atoms with Gasteiger partial charge in [0.1, 0.15) is 0 Å². The third-order valence-electron chi connectivity index (χ3n) is 4.32. The molecule has 1 heterocycles. The summed E-state index contributed by atoms with van der Waals surface area (Å²) in [5.74, 6) is 0.765. The number of carbonyl (C=O) groups is 1. The molecule has 21 heavy (non-hydrogen) atoms. The van der Waals surface area contributed by atoms with Crippen molar-refractivity contribution in [2.75, 3.05) is 13.1 Å². The van der Waals surface area contributed by atoms with Crippen molar-refractivity contribution in [3.8, 4) is 0 Å². The first kappa shape index (κ1) is 16.0. The predicted octanol–water partition coefficient (Wildman–Crippen LogP) is 2.85. The monoisotopic (exact) mass is 288 g/mol. The van der Waals surface area contributed by atoms with Crippen LogP contribution in [0, 0.1) is 5.92 Å². The molecular weight excluding hydrogens is 260 g/mol. The summed E-state index contributed by atoms with van der Waals surface area (Å²) in [5, 5.41) is 3.55. The Morgan fingerprint density at radius 2 is 2.00 bits per heavy atom. The molecule has 0 aromatic heterocycles. The van der Waals surface area contributed by atoms with Crippen LogP contribution >= 0.6 is 0 Å². The topological polar surface area (TPSA) is 32.3 Å². The summed E-state index contributed by atoms with van der Waals surface area (Å²) in [4.78, 5) is 14.8. The smallest absolute Gasteiger partial charge is 0.223 e. The number of nitrogens with one attached hydrogen (secondary N) is 1. The molecule has 3 nitrogen and oxygen atoms in total. The van der Waals surface area contributed by atoms with Gasteiger partial charge in [-0.2, -0.15) is 0 Å². The minimum Gasteiger partial charge on any atom is -0.336 e. The number of amides is 1. The molecule has 0 saturated carbocycles. The van der Waals surface area contributed by atoms with Gasteiger partial charge in [-0.3, -0.25) is 4.79 Å². The predicted molar refractivity (Wildman–Crippen MR) is 87.2 cm³/mol. The first-order chi connectivity index (χ1) is 9.89. The molecule has 1 aromatic rings. The van der Waals surface area contributed by atoms with Gasteiger partial charge in [-0.25, -0.2) is 0 Å². The van der Waals surface area contributed by atoms with Crippen molar-refractivity contribution in [2.24, 2.45) is 5.92 Å². The van der Waals surface area contributed by atoms with E-state index in [0.717, 1.165) is 19.5 Å². The van der Waals surface area contributed by atoms with E-state index in [1.807, 2.05) is 18.2 Å². The van der Waals surface area contributed by atoms with Crippen LogP contribution in [0.5, 0.6) is 0 Å². The van der Waals surface area contributed by atoms with Crippen molar-refractivity contribution in [1.29, 1.82) is 0 Å². The van der Waals surface area contributed by atoms with Gasteiger partial charge in [0.2, 0.25) is 5.91 Å². The van der Waals surface area contributed by atoms with Gasteiger partial charge >= 0.3 is 0 Å². The standard InChI is InChI=1S/C18H28N2O/c1-14(2)16-12-19-18(3,4)13-20(16)17(21)11-10-15-8-6-5-7-9-15/h5-9,14,16,19H,10-13H2,1-4H3. The number of carbonyl (C=O) groups excluding carboxylic acids is 1. The highest BCUT2D eigenvalue weighted by Crippen LogP contribution is 2.21. The summed E-state index contributed by atoms with van der Waals surface area (Å²) in [5.41, 5.74) is 1.25. The molecule has 0 bridgehead atoms. The van der Waals surface area contributed by atoms with Gasteiger partial charge in [-0.15, -0.1) is 0 Å². The molecule has 2 rings (SSSR count). The third-order valence-corrected chi connectivity index (χ3v) is 4.32. The van der Waals surface area contributed by atoms with Crippen molar-refractivity contribution in [3.63, 3.8) is 0 Å². The molecule has 0 aliphatic carbocycles. The second kappa shape index (κ2) is 6.61. The molecule has 1 aliphatic heterocycles. The SMILES string of the molecule is CC(C)C1CNC(C)(C)CN1C(=O)CCc1ccccc1. The van der Waals surface area contributed by atoms with Gasteiger partial charge in [0, 0.05) is 31.1 Å². The molecule has 116 valence electrons. The van der Waals surface area contributed by atoms with Crippen LogP contribution in [0.3, 0.4) is 0 Å². The second-order valence-corrected chi connectivity index (χ2v) is 7.08. The Labute approximate surface area is 128 Å². The fourth-order valence-electron chi connectivity index (χ4n) is 3.00. The Morgan fingerprint density at radius 1 is 1.33 bits per heavy atom. The molecule has 1 amide bonds. The van der Waals surface area contributed by atoms with E-state index < -0.39 is 0 Å². The number of benzene rings is 1. The Kier molecular flexibility index (Phi) is 5.04. The molecule has 1 fully saturated rings. The van der Waals surface area contributed by atoms with Gasteiger partial charge in [0.05, 0.1) is 0 Å². The van der Waals surface area contributed by atoms with Gasteiger partial charge in [-0.1, -0.05) is 44.2 Å². The van der Waals surface area contributed by atoms with E-state index in [-0.39, 0.29) is 11.4 Å². The van der Waals surface area contributed by atoms with Crippen LogP contribution in [0.25, 0.3) is 0 Å². The highest BCUT2D eigenvalue weighted by Gasteiger charge is 2.36. The molecule has 1 aromatic carbocycles. The summed E-state index contributed by atoms with van der Waals surface area (Å²) < 4.78 is 0. The summed E-state index contributed by atoms with van der Waals surface area (Å²) in [6.07, 6.45) is 1.43. The van der Waals surface area contributed by atoms with Crippen LogP contribution in [0.1, 0.15) is 39.7 Å². The van der Waals surface area contributed by atoms with Crippen molar-refractivity contribution < 1.29 is 4.79 Å². The summed E-state index contributed by atoms with van der Waals surface area (Å²) >= 11 is 0. The first-order valence-electron chi connectivity index (χ1n) is 7.97. The summed E-state index contributed by atoms with van der Waals surface area (Å²) in [7, 11) is 0. The zero-order chi connectivity index (χ0) is 15.5. The lowest BCUT2D eigenvalue weighted by atomic mass is 9.92. The molecule has 1 N–H and O–H groups in total. The van der Waals surface area contributed by atoms with E-state index in [0.29, 0.717) is 18.4 Å². The highest BCUT2D eigenvalue weighted by molar-refractivity contribution is 5.77. The Morgan fingerprint density at radius 3 is 2.62 bits per heavy atom. The van der Waals surface area contributed by atoms with E-state index in [1.54, 1.807) is 0 Å². The lowest BCUT2D eigenvalue weighted by Gasteiger charge is -2.46. The molecular formula is C18H28N2O. The number of nitrogens with zero attached hydrogens (tertiary/aromatic N) is 1. The van der Waals surface area contributed by atoms with Crippen molar-refractivity contribution in [3.05, 3.63) is 35.9 Å². The van der Waals surface area contributed by atoms with Crippen LogP contribution < -0.4 is 5.32 Å². The Bertz CT molecular complexity index is 467. The number of hydrogen-bond donors (Lipinski definition) is 1. The fraction of sp³-hybridized carbons (Fsp3) is 0.611. The maximum atomic E-state index is 12.7. The average Bonchev–Trinajstić information content (AvgIpc) is 2.44. The van der Waals surface area contributed by atoms with E-state index in [4.69, 9.17) is 0 Å². The molecule has 1 atom stereocenters.